The second-order valence-corrected chi connectivity index (χ2v) is 10.5. The highest BCUT2D eigenvalue weighted by Crippen LogP contribution is 2.27. The maximum absolute atomic E-state index is 13.3. The zero-order valence-corrected chi connectivity index (χ0v) is 18.4. The number of carbonyl (C=O) groups excluding carboxylic acids is 1. The molecule has 0 bridgehead atoms. The second-order valence-electron chi connectivity index (χ2n) is 7.49. The van der Waals surface area contributed by atoms with E-state index in [9.17, 15) is 17.6 Å². The number of sulfonamides is 1. The number of rotatable bonds is 7. The molecule has 1 fully saturated rings. The number of amides is 1. The summed E-state index contributed by atoms with van der Waals surface area (Å²) in [6.45, 7) is 1.37. The minimum atomic E-state index is -3.70. The number of carbonyl (C=O) groups is 1. The van der Waals surface area contributed by atoms with Crippen molar-refractivity contribution >= 4 is 27.3 Å². The van der Waals surface area contributed by atoms with Gasteiger partial charge in [0.05, 0.1) is 24.2 Å². The highest BCUT2D eigenvalue weighted by atomic mass is 32.2. The zero-order chi connectivity index (χ0) is 21.8. The first kappa shape index (κ1) is 21.7. The Bertz CT molecular complexity index is 1050. The first-order chi connectivity index (χ1) is 14.9. The number of halogens is 1. The number of hydrogen-bond donors (Lipinski definition) is 0. The van der Waals surface area contributed by atoms with E-state index in [4.69, 9.17) is 4.42 Å². The van der Waals surface area contributed by atoms with Crippen LogP contribution in [0.25, 0.3) is 0 Å². The first-order valence-electron chi connectivity index (χ1n) is 10.0. The molecule has 0 radical (unpaired) electrons. The van der Waals surface area contributed by atoms with Crippen LogP contribution in [0.1, 0.15) is 23.5 Å². The normalized spacial score (nSPS) is 15.8. The van der Waals surface area contributed by atoms with E-state index >= 15 is 0 Å². The van der Waals surface area contributed by atoms with E-state index in [1.165, 1.54) is 16.4 Å². The molecule has 31 heavy (non-hydrogen) atoms. The van der Waals surface area contributed by atoms with Crippen molar-refractivity contribution in [1.82, 2.24) is 9.21 Å². The Balaban J connectivity index is 1.43. The maximum Gasteiger partial charge on any atom is 0.243 e. The first-order valence-corrected chi connectivity index (χ1v) is 12.3. The van der Waals surface area contributed by atoms with Gasteiger partial charge < -0.3 is 9.32 Å². The van der Waals surface area contributed by atoms with E-state index < -0.39 is 15.8 Å². The minimum absolute atomic E-state index is 0.00336. The van der Waals surface area contributed by atoms with Gasteiger partial charge in [-0.3, -0.25) is 4.79 Å². The number of benzene rings is 1. The fourth-order valence-corrected chi connectivity index (χ4v) is 5.94. The van der Waals surface area contributed by atoms with Gasteiger partial charge in [-0.1, -0.05) is 6.07 Å². The quantitative estimate of drug-likeness (QED) is 0.530. The van der Waals surface area contributed by atoms with Gasteiger partial charge in [0.1, 0.15) is 11.6 Å². The SMILES string of the molecule is O=C(C1CCN(S(=O)(=O)c2ccc(F)cc2)CC1)N(Cc1ccco1)Cc1cccs1. The Labute approximate surface area is 185 Å². The van der Waals surface area contributed by atoms with Gasteiger partial charge in [-0.15, -0.1) is 11.3 Å². The van der Waals surface area contributed by atoms with Gasteiger partial charge >= 0.3 is 0 Å². The van der Waals surface area contributed by atoms with Crippen LogP contribution < -0.4 is 0 Å². The van der Waals surface area contributed by atoms with Crippen LogP contribution in [0.3, 0.4) is 0 Å². The molecule has 4 rings (SSSR count). The van der Waals surface area contributed by atoms with Crippen molar-refractivity contribution in [3.8, 4) is 0 Å². The van der Waals surface area contributed by atoms with Gasteiger partial charge in [0.15, 0.2) is 0 Å². The monoisotopic (exact) mass is 462 g/mol. The van der Waals surface area contributed by atoms with E-state index in [1.807, 2.05) is 23.6 Å². The molecular weight excluding hydrogens is 439 g/mol. The van der Waals surface area contributed by atoms with E-state index in [0.717, 1.165) is 17.0 Å². The van der Waals surface area contributed by atoms with Gasteiger partial charge in [0.25, 0.3) is 0 Å². The number of nitrogens with zero attached hydrogens (tertiary/aromatic N) is 2. The van der Waals surface area contributed by atoms with Gasteiger partial charge in [-0.25, -0.2) is 12.8 Å². The molecule has 0 N–H and O–H groups in total. The third-order valence-corrected chi connectivity index (χ3v) is 8.19. The Morgan fingerprint density at radius 1 is 1.10 bits per heavy atom. The van der Waals surface area contributed by atoms with E-state index in [0.29, 0.717) is 31.7 Å². The summed E-state index contributed by atoms with van der Waals surface area (Å²) in [5.74, 6) is -0.0231. The molecule has 6 nitrogen and oxygen atoms in total. The van der Waals surface area contributed by atoms with Crippen LogP contribution in [0.2, 0.25) is 0 Å². The molecule has 164 valence electrons. The van der Waals surface area contributed by atoms with Crippen molar-refractivity contribution in [2.75, 3.05) is 13.1 Å². The number of furan rings is 1. The Hall–Kier alpha value is -2.49. The summed E-state index contributed by atoms with van der Waals surface area (Å²) in [6, 6.07) is 12.4. The summed E-state index contributed by atoms with van der Waals surface area (Å²) in [6.07, 6.45) is 2.47. The van der Waals surface area contributed by atoms with Crippen LogP contribution in [0.4, 0.5) is 4.39 Å². The largest absolute Gasteiger partial charge is 0.467 e. The third kappa shape index (κ3) is 5.06. The predicted octanol–water partition coefficient (Wildman–Crippen LogP) is 4.11. The average molecular weight is 463 g/mol. The standard InChI is InChI=1S/C22H23FN2O4S2/c23-18-5-7-21(8-6-18)31(27,28)25-11-9-17(10-12-25)22(26)24(15-19-3-1-13-29-19)16-20-4-2-14-30-20/h1-8,13-14,17H,9-12,15-16H2. The molecule has 9 heteroatoms. The fourth-order valence-electron chi connectivity index (χ4n) is 3.75. The fraction of sp³-hybridized carbons (Fsp3) is 0.318. The summed E-state index contributed by atoms with van der Waals surface area (Å²) in [7, 11) is -3.70. The van der Waals surface area contributed by atoms with Crippen molar-refractivity contribution in [2.24, 2.45) is 5.92 Å². The molecule has 3 heterocycles. The van der Waals surface area contributed by atoms with Crippen molar-refractivity contribution in [2.45, 2.75) is 30.8 Å². The van der Waals surface area contributed by atoms with Gasteiger partial charge in [-0.2, -0.15) is 4.31 Å². The van der Waals surface area contributed by atoms with Gasteiger partial charge in [0, 0.05) is 23.9 Å². The molecule has 0 atom stereocenters. The third-order valence-electron chi connectivity index (χ3n) is 5.42. The van der Waals surface area contributed by atoms with E-state index in [1.54, 1.807) is 28.6 Å². The van der Waals surface area contributed by atoms with Crippen LogP contribution in [-0.2, 0) is 27.9 Å². The van der Waals surface area contributed by atoms with Gasteiger partial charge in [0.2, 0.25) is 15.9 Å². The van der Waals surface area contributed by atoms with Crippen LogP contribution in [0, 0.1) is 11.7 Å². The second kappa shape index (κ2) is 9.33. The Morgan fingerprint density at radius 2 is 1.84 bits per heavy atom. The van der Waals surface area contributed by atoms with Crippen molar-refractivity contribution in [3.05, 3.63) is 76.6 Å². The average Bonchev–Trinajstić information content (AvgIpc) is 3.48. The van der Waals surface area contributed by atoms with Crippen LogP contribution in [-0.4, -0.2) is 36.6 Å². The molecule has 0 spiro atoms. The molecule has 3 aromatic rings. The molecule has 0 aliphatic carbocycles. The highest BCUT2D eigenvalue weighted by Gasteiger charge is 2.34. The van der Waals surface area contributed by atoms with Crippen LogP contribution in [0.5, 0.6) is 0 Å². The Kier molecular flexibility index (Phi) is 6.54. The lowest BCUT2D eigenvalue weighted by Crippen LogP contribution is -2.44. The summed E-state index contributed by atoms with van der Waals surface area (Å²) < 4.78 is 45.6. The van der Waals surface area contributed by atoms with Crippen LogP contribution >= 0.6 is 11.3 Å². The molecule has 0 saturated carbocycles. The van der Waals surface area contributed by atoms with E-state index in [-0.39, 0.29) is 29.8 Å². The van der Waals surface area contributed by atoms with Crippen molar-refractivity contribution < 1.29 is 22.0 Å². The van der Waals surface area contributed by atoms with E-state index in [2.05, 4.69) is 0 Å². The summed E-state index contributed by atoms with van der Waals surface area (Å²) in [5, 5.41) is 1.98. The van der Waals surface area contributed by atoms with Crippen molar-refractivity contribution in [1.29, 1.82) is 0 Å². The lowest BCUT2D eigenvalue weighted by molar-refractivity contribution is -0.138. The highest BCUT2D eigenvalue weighted by molar-refractivity contribution is 7.89. The number of thiophene rings is 1. The smallest absolute Gasteiger partial charge is 0.243 e. The minimum Gasteiger partial charge on any atom is -0.467 e. The molecule has 1 aromatic carbocycles. The van der Waals surface area contributed by atoms with Crippen molar-refractivity contribution in [3.63, 3.8) is 0 Å². The topological polar surface area (TPSA) is 70.8 Å². The zero-order valence-electron chi connectivity index (χ0n) is 16.8. The molecular formula is C22H23FN2O4S2. The predicted molar refractivity (Wildman–Crippen MR) is 115 cm³/mol. The number of hydrogen-bond acceptors (Lipinski definition) is 5. The number of piperidine rings is 1. The summed E-state index contributed by atoms with van der Waals surface area (Å²) >= 11 is 1.59. The lowest BCUT2D eigenvalue weighted by atomic mass is 9.96. The molecule has 1 aliphatic heterocycles. The molecule has 1 aliphatic rings. The molecule has 2 aromatic heterocycles. The molecule has 1 amide bonds. The molecule has 1 saturated heterocycles. The molecule has 0 unspecified atom stereocenters. The van der Waals surface area contributed by atoms with Crippen LogP contribution in [0.15, 0.2) is 69.5 Å². The summed E-state index contributed by atoms with van der Waals surface area (Å²) in [5.41, 5.74) is 0. The van der Waals surface area contributed by atoms with Gasteiger partial charge in [-0.05, 0) is 60.7 Å². The summed E-state index contributed by atoms with van der Waals surface area (Å²) in [4.78, 5) is 16.2. The Morgan fingerprint density at radius 3 is 2.45 bits per heavy atom. The lowest BCUT2D eigenvalue weighted by Gasteiger charge is -2.33. The maximum atomic E-state index is 13.3.